The Labute approximate surface area is 102 Å². The molecule has 0 saturated carbocycles. The van der Waals surface area contributed by atoms with E-state index in [1.54, 1.807) is 0 Å². The molecule has 1 heterocycles. The second-order valence-electron chi connectivity index (χ2n) is 5.03. The first-order chi connectivity index (χ1) is 8.20. The zero-order valence-electron chi connectivity index (χ0n) is 10.3. The van der Waals surface area contributed by atoms with E-state index in [1.807, 2.05) is 0 Å². The normalized spacial score (nSPS) is 33.9. The van der Waals surface area contributed by atoms with Crippen molar-refractivity contribution < 1.29 is 14.6 Å². The third-order valence-corrected chi connectivity index (χ3v) is 3.72. The number of ether oxygens (including phenoxy) is 1. The van der Waals surface area contributed by atoms with Crippen molar-refractivity contribution in [2.75, 3.05) is 20.2 Å². The highest BCUT2D eigenvalue weighted by Gasteiger charge is 2.37. The lowest BCUT2D eigenvalue weighted by Gasteiger charge is -2.27. The van der Waals surface area contributed by atoms with Crippen molar-refractivity contribution in [3.05, 3.63) is 12.2 Å². The van der Waals surface area contributed by atoms with Gasteiger partial charge in [0.2, 0.25) is 0 Å². The summed E-state index contributed by atoms with van der Waals surface area (Å²) >= 11 is 0. The highest BCUT2D eigenvalue weighted by atomic mass is 16.5. The third-order valence-electron chi connectivity index (χ3n) is 3.72. The number of carbonyl (C=O) groups excluding carboxylic acids is 1. The zero-order valence-corrected chi connectivity index (χ0v) is 10.3. The van der Waals surface area contributed by atoms with Crippen molar-refractivity contribution in [2.24, 2.45) is 5.92 Å². The largest absolute Gasteiger partial charge is 0.468 e. The quantitative estimate of drug-likeness (QED) is 0.588. The SMILES string of the molecule is COC(=O)C1CC(O)CN1CC1CC=CCC1. The van der Waals surface area contributed by atoms with Crippen LogP contribution >= 0.6 is 0 Å². The molecule has 1 aliphatic carbocycles. The number of hydrogen-bond acceptors (Lipinski definition) is 4. The summed E-state index contributed by atoms with van der Waals surface area (Å²) in [5, 5.41) is 9.68. The predicted octanol–water partition coefficient (Wildman–Crippen LogP) is 0.951. The molecule has 0 aromatic carbocycles. The molecule has 96 valence electrons. The van der Waals surface area contributed by atoms with E-state index in [2.05, 4.69) is 17.1 Å². The van der Waals surface area contributed by atoms with Crippen LogP contribution in [0.2, 0.25) is 0 Å². The predicted molar refractivity (Wildman–Crippen MR) is 64.5 cm³/mol. The van der Waals surface area contributed by atoms with Gasteiger partial charge in [0.15, 0.2) is 0 Å². The second-order valence-corrected chi connectivity index (χ2v) is 5.03. The Morgan fingerprint density at radius 1 is 1.53 bits per heavy atom. The van der Waals surface area contributed by atoms with Gasteiger partial charge in [-0.2, -0.15) is 0 Å². The fourth-order valence-electron chi connectivity index (χ4n) is 2.82. The Kier molecular flexibility index (Phi) is 4.18. The topological polar surface area (TPSA) is 49.8 Å². The number of aliphatic hydroxyl groups is 1. The summed E-state index contributed by atoms with van der Waals surface area (Å²) < 4.78 is 4.80. The number of allylic oxidation sites excluding steroid dienone is 2. The molecular formula is C13H21NO3. The molecule has 0 radical (unpaired) electrons. The summed E-state index contributed by atoms with van der Waals surface area (Å²) in [6.07, 6.45) is 7.94. The van der Waals surface area contributed by atoms with Gasteiger partial charge < -0.3 is 9.84 Å². The van der Waals surface area contributed by atoms with Crippen LogP contribution in [-0.4, -0.2) is 48.3 Å². The molecule has 4 heteroatoms. The number of esters is 1. The fourth-order valence-corrected chi connectivity index (χ4v) is 2.82. The molecule has 1 N–H and O–H groups in total. The maximum absolute atomic E-state index is 11.6. The molecule has 0 bridgehead atoms. The van der Waals surface area contributed by atoms with E-state index in [0.29, 0.717) is 18.9 Å². The van der Waals surface area contributed by atoms with Crippen LogP contribution in [0.15, 0.2) is 12.2 Å². The van der Waals surface area contributed by atoms with Crippen LogP contribution in [0.1, 0.15) is 25.7 Å². The summed E-state index contributed by atoms with van der Waals surface area (Å²) in [5.41, 5.74) is 0. The van der Waals surface area contributed by atoms with Crippen LogP contribution in [0.4, 0.5) is 0 Å². The van der Waals surface area contributed by atoms with Gasteiger partial charge in [-0.05, 0) is 25.2 Å². The zero-order chi connectivity index (χ0) is 12.3. The van der Waals surface area contributed by atoms with E-state index < -0.39 is 6.10 Å². The Morgan fingerprint density at radius 3 is 3.00 bits per heavy atom. The first kappa shape index (κ1) is 12.6. The summed E-state index contributed by atoms with van der Waals surface area (Å²) in [6, 6.07) is -0.249. The Morgan fingerprint density at radius 2 is 2.35 bits per heavy atom. The van der Waals surface area contributed by atoms with Crippen LogP contribution in [-0.2, 0) is 9.53 Å². The minimum atomic E-state index is -0.391. The van der Waals surface area contributed by atoms with Gasteiger partial charge in [-0.25, -0.2) is 0 Å². The number of nitrogens with zero attached hydrogens (tertiary/aromatic N) is 1. The van der Waals surface area contributed by atoms with Gasteiger partial charge in [0, 0.05) is 19.5 Å². The second kappa shape index (κ2) is 5.65. The van der Waals surface area contributed by atoms with E-state index in [4.69, 9.17) is 4.74 Å². The van der Waals surface area contributed by atoms with Crippen molar-refractivity contribution in [1.29, 1.82) is 0 Å². The maximum atomic E-state index is 11.6. The van der Waals surface area contributed by atoms with E-state index in [9.17, 15) is 9.90 Å². The number of likely N-dealkylation sites (tertiary alicyclic amines) is 1. The minimum Gasteiger partial charge on any atom is -0.468 e. The molecule has 1 fully saturated rings. The number of hydrogen-bond donors (Lipinski definition) is 1. The van der Waals surface area contributed by atoms with Gasteiger partial charge in [0.25, 0.3) is 0 Å². The summed E-state index contributed by atoms with van der Waals surface area (Å²) in [5.74, 6) is 0.394. The molecule has 3 unspecified atom stereocenters. The van der Waals surface area contributed by atoms with E-state index in [1.165, 1.54) is 13.5 Å². The standard InChI is InChI=1S/C13H21NO3/c1-17-13(16)12-7-11(15)9-14(12)8-10-5-3-2-4-6-10/h2-3,10-12,15H,4-9H2,1H3. The number of carbonyl (C=O) groups is 1. The van der Waals surface area contributed by atoms with Crippen LogP contribution in [0.3, 0.4) is 0 Å². The first-order valence-corrected chi connectivity index (χ1v) is 6.35. The Balaban J connectivity index is 1.93. The summed E-state index contributed by atoms with van der Waals surface area (Å²) in [7, 11) is 1.41. The highest BCUT2D eigenvalue weighted by Crippen LogP contribution is 2.25. The van der Waals surface area contributed by atoms with Crippen molar-refractivity contribution in [1.82, 2.24) is 4.90 Å². The number of rotatable bonds is 3. The summed E-state index contributed by atoms with van der Waals surface area (Å²) in [6.45, 7) is 1.49. The average Bonchev–Trinajstić information content (AvgIpc) is 2.70. The lowest BCUT2D eigenvalue weighted by Crippen LogP contribution is -2.40. The molecule has 17 heavy (non-hydrogen) atoms. The van der Waals surface area contributed by atoms with Crippen molar-refractivity contribution >= 4 is 5.97 Å². The van der Waals surface area contributed by atoms with Crippen LogP contribution in [0.5, 0.6) is 0 Å². The molecule has 0 amide bonds. The number of methoxy groups -OCH3 is 1. The maximum Gasteiger partial charge on any atom is 0.323 e. The molecule has 0 aromatic heterocycles. The molecule has 2 aliphatic rings. The van der Waals surface area contributed by atoms with Crippen molar-refractivity contribution in [3.8, 4) is 0 Å². The van der Waals surface area contributed by atoms with Crippen LogP contribution in [0.25, 0.3) is 0 Å². The van der Waals surface area contributed by atoms with Gasteiger partial charge >= 0.3 is 5.97 Å². The van der Waals surface area contributed by atoms with Crippen LogP contribution in [0, 0.1) is 5.92 Å². The highest BCUT2D eigenvalue weighted by molar-refractivity contribution is 5.76. The summed E-state index contributed by atoms with van der Waals surface area (Å²) in [4.78, 5) is 13.7. The number of aliphatic hydroxyl groups excluding tert-OH is 1. The molecule has 0 aromatic rings. The van der Waals surface area contributed by atoms with Gasteiger partial charge in [-0.1, -0.05) is 12.2 Å². The van der Waals surface area contributed by atoms with Gasteiger partial charge in [0.1, 0.15) is 6.04 Å². The van der Waals surface area contributed by atoms with Gasteiger partial charge in [-0.3, -0.25) is 9.69 Å². The van der Waals surface area contributed by atoms with E-state index >= 15 is 0 Å². The molecule has 2 rings (SSSR count). The number of β-amino-alcohol motifs (C(OH)–C–C–N with tert-alkyl or cyclic N) is 1. The molecule has 1 aliphatic heterocycles. The lowest BCUT2D eigenvalue weighted by molar-refractivity contribution is -0.146. The van der Waals surface area contributed by atoms with Gasteiger partial charge in [0.05, 0.1) is 13.2 Å². The van der Waals surface area contributed by atoms with Crippen LogP contribution < -0.4 is 0 Å². The molecule has 3 atom stereocenters. The molecule has 1 saturated heterocycles. The van der Waals surface area contributed by atoms with Gasteiger partial charge in [-0.15, -0.1) is 0 Å². The van der Waals surface area contributed by atoms with Crippen molar-refractivity contribution in [3.63, 3.8) is 0 Å². The molecule has 0 spiro atoms. The monoisotopic (exact) mass is 239 g/mol. The lowest BCUT2D eigenvalue weighted by atomic mass is 9.94. The molecule has 4 nitrogen and oxygen atoms in total. The fraction of sp³-hybridized carbons (Fsp3) is 0.769. The first-order valence-electron chi connectivity index (χ1n) is 6.35. The van der Waals surface area contributed by atoms with E-state index in [0.717, 1.165) is 19.4 Å². The minimum absolute atomic E-state index is 0.215. The third kappa shape index (κ3) is 3.07. The van der Waals surface area contributed by atoms with Crippen molar-refractivity contribution in [2.45, 2.75) is 37.8 Å². The average molecular weight is 239 g/mol. The smallest absolute Gasteiger partial charge is 0.323 e. The Hall–Kier alpha value is -0.870. The Bertz CT molecular complexity index is 303. The van der Waals surface area contributed by atoms with E-state index in [-0.39, 0.29) is 12.0 Å². The molecular weight excluding hydrogens is 218 g/mol.